The van der Waals surface area contributed by atoms with Gasteiger partial charge in [0, 0.05) is 18.5 Å². The molecule has 3 aromatic carbocycles. The standard InChI is InChI=1S/C21H20N2O3/c1-26-19-9-5-4-8-18(19)23(13-12-20(22)24)21(25)17-11-10-15-6-2-3-7-16(15)14-17/h2-11,14H,12-13H2,1H3,(H2,22,24). The lowest BCUT2D eigenvalue weighted by Crippen LogP contribution is -2.34. The second-order valence-electron chi connectivity index (χ2n) is 5.91. The molecule has 0 radical (unpaired) electrons. The molecule has 26 heavy (non-hydrogen) atoms. The molecule has 0 aliphatic carbocycles. The van der Waals surface area contributed by atoms with Crippen LogP contribution in [0.5, 0.6) is 5.75 Å². The van der Waals surface area contributed by atoms with E-state index in [1.807, 2.05) is 48.5 Å². The minimum Gasteiger partial charge on any atom is -0.495 e. The van der Waals surface area contributed by atoms with E-state index in [4.69, 9.17) is 10.5 Å². The number of nitrogens with two attached hydrogens (primary N) is 1. The quantitative estimate of drug-likeness (QED) is 0.742. The van der Waals surface area contributed by atoms with Crippen LogP contribution in [0.25, 0.3) is 10.8 Å². The fourth-order valence-corrected chi connectivity index (χ4v) is 2.88. The van der Waals surface area contributed by atoms with Gasteiger partial charge in [-0.25, -0.2) is 0 Å². The summed E-state index contributed by atoms with van der Waals surface area (Å²) in [5.74, 6) is -0.108. The lowest BCUT2D eigenvalue weighted by molar-refractivity contribution is -0.117. The Morgan fingerprint density at radius 1 is 0.962 bits per heavy atom. The fraction of sp³-hybridized carbons (Fsp3) is 0.143. The molecule has 0 atom stereocenters. The van der Waals surface area contributed by atoms with Crippen molar-refractivity contribution in [3.8, 4) is 5.75 Å². The van der Waals surface area contributed by atoms with Gasteiger partial charge in [-0.1, -0.05) is 42.5 Å². The maximum Gasteiger partial charge on any atom is 0.258 e. The zero-order valence-corrected chi connectivity index (χ0v) is 14.5. The van der Waals surface area contributed by atoms with E-state index in [2.05, 4.69) is 0 Å². The SMILES string of the molecule is COc1ccccc1N(CCC(N)=O)C(=O)c1ccc2ccccc2c1. The van der Waals surface area contributed by atoms with Crippen molar-refractivity contribution in [3.05, 3.63) is 72.3 Å². The number of anilines is 1. The lowest BCUT2D eigenvalue weighted by Gasteiger charge is -2.24. The predicted molar refractivity (Wildman–Crippen MR) is 102 cm³/mol. The van der Waals surface area contributed by atoms with E-state index in [-0.39, 0.29) is 18.9 Å². The minimum atomic E-state index is -0.462. The number of ether oxygens (including phenoxy) is 1. The summed E-state index contributed by atoms with van der Waals surface area (Å²) in [5.41, 5.74) is 6.44. The Kier molecular flexibility index (Phi) is 5.17. The second-order valence-corrected chi connectivity index (χ2v) is 5.91. The average Bonchev–Trinajstić information content (AvgIpc) is 2.67. The molecule has 5 nitrogen and oxygen atoms in total. The van der Waals surface area contributed by atoms with Crippen LogP contribution in [-0.2, 0) is 4.79 Å². The molecule has 0 spiro atoms. The minimum absolute atomic E-state index is 0.0668. The molecule has 0 unspecified atom stereocenters. The van der Waals surface area contributed by atoms with Crippen LogP contribution in [0.15, 0.2) is 66.7 Å². The van der Waals surface area contributed by atoms with Crippen LogP contribution in [0.4, 0.5) is 5.69 Å². The van der Waals surface area contributed by atoms with Gasteiger partial charge in [-0.3, -0.25) is 9.59 Å². The summed E-state index contributed by atoms with van der Waals surface area (Å²) < 4.78 is 5.38. The van der Waals surface area contributed by atoms with Crippen molar-refractivity contribution >= 4 is 28.3 Å². The highest BCUT2D eigenvalue weighted by molar-refractivity contribution is 6.09. The van der Waals surface area contributed by atoms with E-state index in [0.717, 1.165) is 10.8 Å². The topological polar surface area (TPSA) is 72.6 Å². The Bertz CT molecular complexity index is 953. The first-order valence-electron chi connectivity index (χ1n) is 8.32. The van der Waals surface area contributed by atoms with Crippen LogP contribution in [0.2, 0.25) is 0 Å². The summed E-state index contributed by atoms with van der Waals surface area (Å²) in [6.07, 6.45) is 0.0668. The van der Waals surface area contributed by atoms with Crippen molar-refractivity contribution in [2.75, 3.05) is 18.6 Å². The summed E-state index contributed by atoms with van der Waals surface area (Å²) in [4.78, 5) is 26.0. The zero-order valence-electron chi connectivity index (χ0n) is 14.5. The number of benzene rings is 3. The van der Waals surface area contributed by atoms with Gasteiger partial charge in [-0.2, -0.15) is 0 Å². The maximum absolute atomic E-state index is 13.2. The third kappa shape index (κ3) is 3.67. The van der Waals surface area contributed by atoms with Crippen LogP contribution < -0.4 is 15.4 Å². The van der Waals surface area contributed by atoms with Crippen LogP contribution in [0.3, 0.4) is 0 Å². The third-order valence-electron chi connectivity index (χ3n) is 4.20. The van der Waals surface area contributed by atoms with Gasteiger partial charge in [0.05, 0.1) is 12.8 Å². The molecule has 0 aromatic heterocycles. The van der Waals surface area contributed by atoms with Gasteiger partial charge >= 0.3 is 0 Å². The molecule has 3 rings (SSSR count). The number of amides is 2. The number of nitrogens with zero attached hydrogens (tertiary/aromatic N) is 1. The van der Waals surface area contributed by atoms with Crippen LogP contribution >= 0.6 is 0 Å². The Morgan fingerprint density at radius 2 is 1.65 bits per heavy atom. The van der Waals surface area contributed by atoms with Gasteiger partial charge in [0.15, 0.2) is 0 Å². The number of hydrogen-bond donors (Lipinski definition) is 1. The molecule has 132 valence electrons. The summed E-state index contributed by atoms with van der Waals surface area (Å²) in [6.45, 7) is 0.182. The number of rotatable bonds is 6. The van der Waals surface area contributed by atoms with Crippen molar-refractivity contribution in [1.82, 2.24) is 0 Å². The number of methoxy groups -OCH3 is 1. The Balaban J connectivity index is 2.01. The van der Waals surface area contributed by atoms with Crippen LogP contribution in [0.1, 0.15) is 16.8 Å². The number of fused-ring (bicyclic) bond motifs is 1. The lowest BCUT2D eigenvalue weighted by atomic mass is 10.1. The van der Waals surface area contributed by atoms with Gasteiger partial charge in [0.2, 0.25) is 5.91 Å². The highest BCUT2D eigenvalue weighted by Crippen LogP contribution is 2.29. The van der Waals surface area contributed by atoms with E-state index in [0.29, 0.717) is 17.0 Å². The molecule has 5 heteroatoms. The van der Waals surface area contributed by atoms with Gasteiger partial charge < -0.3 is 15.4 Å². The van der Waals surface area contributed by atoms with Crippen molar-refractivity contribution in [2.24, 2.45) is 5.73 Å². The first-order chi connectivity index (χ1) is 12.6. The number of carbonyl (C=O) groups is 2. The molecular formula is C21H20N2O3. The number of carbonyl (C=O) groups excluding carboxylic acids is 2. The number of primary amides is 1. The first kappa shape index (κ1) is 17.5. The Morgan fingerprint density at radius 3 is 2.38 bits per heavy atom. The molecule has 0 fully saturated rings. The highest BCUT2D eigenvalue weighted by atomic mass is 16.5. The predicted octanol–water partition coefficient (Wildman–Crippen LogP) is 3.37. The molecule has 0 aliphatic heterocycles. The van der Waals surface area contributed by atoms with Crippen molar-refractivity contribution in [1.29, 1.82) is 0 Å². The normalized spacial score (nSPS) is 10.5. The van der Waals surface area contributed by atoms with E-state index in [1.54, 1.807) is 25.3 Å². The molecule has 2 amide bonds. The molecule has 0 saturated heterocycles. The summed E-state index contributed by atoms with van der Waals surface area (Å²) in [7, 11) is 1.55. The fourth-order valence-electron chi connectivity index (χ4n) is 2.88. The zero-order chi connectivity index (χ0) is 18.5. The Hall–Kier alpha value is -3.34. The van der Waals surface area contributed by atoms with Crippen molar-refractivity contribution in [2.45, 2.75) is 6.42 Å². The smallest absolute Gasteiger partial charge is 0.258 e. The maximum atomic E-state index is 13.2. The second kappa shape index (κ2) is 7.70. The van der Waals surface area contributed by atoms with E-state index in [9.17, 15) is 9.59 Å². The summed E-state index contributed by atoms with van der Waals surface area (Å²) in [5, 5.41) is 2.04. The molecule has 3 aromatic rings. The van der Waals surface area contributed by atoms with E-state index in [1.165, 1.54) is 4.90 Å². The molecule has 0 saturated carbocycles. The molecule has 2 N–H and O–H groups in total. The van der Waals surface area contributed by atoms with E-state index >= 15 is 0 Å². The average molecular weight is 348 g/mol. The van der Waals surface area contributed by atoms with E-state index < -0.39 is 5.91 Å². The number of para-hydroxylation sites is 2. The Labute approximate surface area is 152 Å². The van der Waals surface area contributed by atoms with Crippen molar-refractivity contribution in [3.63, 3.8) is 0 Å². The van der Waals surface area contributed by atoms with Gasteiger partial charge in [-0.15, -0.1) is 0 Å². The monoisotopic (exact) mass is 348 g/mol. The van der Waals surface area contributed by atoms with Crippen molar-refractivity contribution < 1.29 is 14.3 Å². The largest absolute Gasteiger partial charge is 0.495 e. The molecule has 0 bridgehead atoms. The van der Waals surface area contributed by atoms with Gasteiger partial charge in [0.25, 0.3) is 5.91 Å². The third-order valence-corrected chi connectivity index (χ3v) is 4.20. The number of hydrogen-bond acceptors (Lipinski definition) is 3. The molecule has 0 heterocycles. The van der Waals surface area contributed by atoms with Gasteiger partial charge in [-0.05, 0) is 35.0 Å². The molecular weight excluding hydrogens is 328 g/mol. The van der Waals surface area contributed by atoms with Gasteiger partial charge in [0.1, 0.15) is 5.75 Å². The summed E-state index contributed by atoms with van der Waals surface area (Å²) in [6, 6.07) is 20.6. The van der Waals surface area contributed by atoms with Crippen LogP contribution in [-0.4, -0.2) is 25.5 Å². The van der Waals surface area contributed by atoms with Crippen LogP contribution in [0, 0.1) is 0 Å². The first-order valence-corrected chi connectivity index (χ1v) is 8.32. The highest BCUT2D eigenvalue weighted by Gasteiger charge is 2.21. The summed E-state index contributed by atoms with van der Waals surface area (Å²) >= 11 is 0. The molecule has 0 aliphatic rings.